The summed E-state index contributed by atoms with van der Waals surface area (Å²) >= 11 is 1.06. The van der Waals surface area contributed by atoms with E-state index in [-0.39, 0.29) is 10.5 Å². The van der Waals surface area contributed by atoms with Crippen LogP contribution in [0.3, 0.4) is 0 Å². The summed E-state index contributed by atoms with van der Waals surface area (Å²) in [7, 11) is -3.38. The Morgan fingerprint density at radius 1 is 1.10 bits per heavy atom. The Bertz CT molecular complexity index is 795. The molecule has 0 aromatic heterocycles. The number of halogens is 1. The number of hydrogen-bond acceptors (Lipinski definition) is 4. The smallest absolute Gasteiger partial charge is 0.176 e. The summed E-state index contributed by atoms with van der Waals surface area (Å²) in [6, 6.07) is 12.5. The van der Waals surface area contributed by atoms with Gasteiger partial charge in [-0.25, -0.2) is 12.8 Å². The average Bonchev–Trinajstić information content (AvgIpc) is 2.38. The monoisotopic (exact) mass is 307 g/mol. The van der Waals surface area contributed by atoms with Crippen LogP contribution in [0.4, 0.5) is 4.39 Å². The van der Waals surface area contributed by atoms with Crippen LogP contribution in [0.5, 0.6) is 0 Å². The maximum atomic E-state index is 13.5. The quantitative estimate of drug-likeness (QED) is 0.873. The van der Waals surface area contributed by atoms with Crippen molar-refractivity contribution < 1.29 is 12.8 Å². The minimum Gasteiger partial charge on any atom is -0.224 e. The summed E-state index contributed by atoms with van der Waals surface area (Å²) < 4.78 is 37.0. The van der Waals surface area contributed by atoms with Crippen LogP contribution in [0.25, 0.3) is 0 Å². The second-order valence-corrected chi connectivity index (χ2v) is 7.11. The predicted octanol–water partition coefficient (Wildman–Crippen LogP) is 3.25. The standard InChI is InChI=1S/C14H10FNO2S2/c1-20(17,18)14-8-3-2-6-13(14)19-12-7-4-5-11(15)10(12)9-16/h2-8H,1H3. The first-order valence-corrected chi connectivity index (χ1v) is 8.30. The van der Waals surface area contributed by atoms with Crippen LogP contribution in [0, 0.1) is 17.1 Å². The molecule has 0 aliphatic heterocycles. The molecule has 0 unspecified atom stereocenters. The lowest BCUT2D eigenvalue weighted by Crippen LogP contribution is -1.99. The fourth-order valence-corrected chi connectivity index (χ4v) is 3.94. The van der Waals surface area contributed by atoms with E-state index in [2.05, 4.69) is 0 Å². The molecule has 0 N–H and O–H groups in total. The molecule has 102 valence electrons. The largest absolute Gasteiger partial charge is 0.224 e. The van der Waals surface area contributed by atoms with Crippen molar-refractivity contribution in [2.45, 2.75) is 14.7 Å². The fourth-order valence-electron chi connectivity index (χ4n) is 1.66. The number of benzene rings is 2. The van der Waals surface area contributed by atoms with Crippen molar-refractivity contribution in [3.63, 3.8) is 0 Å². The highest BCUT2D eigenvalue weighted by Gasteiger charge is 2.16. The van der Waals surface area contributed by atoms with Crippen molar-refractivity contribution in [3.8, 4) is 6.07 Å². The second-order valence-electron chi connectivity index (χ2n) is 4.05. The van der Waals surface area contributed by atoms with Crippen molar-refractivity contribution in [1.29, 1.82) is 5.26 Å². The molecule has 0 spiro atoms. The van der Waals surface area contributed by atoms with Crippen LogP contribution in [0.1, 0.15) is 5.56 Å². The minimum absolute atomic E-state index is 0.0826. The molecule has 3 nitrogen and oxygen atoms in total. The summed E-state index contributed by atoms with van der Waals surface area (Å²) in [5, 5.41) is 8.98. The molecule has 0 heterocycles. The first kappa shape index (κ1) is 14.6. The molecule has 0 aliphatic rings. The summed E-state index contributed by atoms with van der Waals surface area (Å²) in [6.07, 6.45) is 1.11. The maximum absolute atomic E-state index is 13.5. The van der Waals surface area contributed by atoms with Crippen molar-refractivity contribution in [1.82, 2.24) is 0 Å². The summed E-state index contributed by atoms with van der Waals surface area (Å²) in [6.45, 7) is 0. The lowest BCUT2D eigenvalue weighted by Gasteiger charge is -2.08. The average molecular weight is 307 g/mol. The van der Waals surface area contributed by atoms with Gasteiger partial charge in [-0.15, -0.1) is 0 Å². The van der Waals surface area contributed by atoms with E-state index in [9.17, 15) is 12.8 Å². The van der Waals surface area contributed by atoms with Gasteiger partial charge in [0.05, 0.1) is 4.90 Å². The molecule has 0 radical (unpaired) electrons. The van der Waals surface area contributed by atoms with E-state index in [1.165, 1.54) is 18.2 Å². The molecule has 0 bridgehead atoms. The Balaban J connectivity index is 2.53. The lowest BCUT2D eigenvalue weighted by atomic mass is 10.2. The van der Waals surface area contributed by atoms with Gasteiger partial charge in [-0.2, -0.15) is 5.26 Å². The van der Waals surface area contributed by atoms with E-state index in [1.54, 1.807) is 30.3 Å². The molecule has 0 aliphatic carbocycles. The Morgan fingerprint density at radius 2 is 1.75 bits per heavy atom. The van der Waals surface area contributed by atoms with Crippen LogP contribution in [0.2, 0.25) is 0 Å². The highest BCUT2D eigenvalue weighted by atomic mass is 32.2. The molecule has 2 rings (SSSR count). The van der Waals surface area contributed by atoms with E-state index >= 15 is 0 Å². The van der Waals surface area contributed by atoms with Crippen molar-refractivity contribution in [2.24, 2.45) is 0 Å². The van der Waals surface area contributed by atoms with Crippen LogP contribution < -0.4 is 0 Å². The van der Waals surface area contributed by atoms with Gasteiger partial charge in [-0.05, 0) is 24.3 Å². The van der Waals surface area contributed by atoms with Crippen molar-refractivity contribution in [3.05, 3.63) is 53.8 Å². The normalized spacial score (nSPS) is 11.1. The van der Waals surface area contributed by atoms with Gasteiger partial charge in [0.25, 0.3) is 0 Å². The van der Waals surface area contributed by atoms with E-state index in [0.29, 0.717) is 9.79 Å². The topological polar surface area (TPSA) is 57.9 Å². The molecule has 6 heteroatoms. The predicted molar refractivity (Wildman–Crippen MR) is 74.8 cm³/mol. The van der Waals surface area contributed by atoms with Crippen LogP contribution in [-0.2, 0) is 9.84 Å². The van der Waals surface area contributed by atoms with Crippen LogP contribution >= 0.6 is 11.8 Å². The van der Waals surface area contributed by atoms with Crippen LogP contribution in [0.15, 0.2) is 57.2 Å². The number of hydrogen-bond donors (Lipinski definition) is 0. The molecular formula is C14H10FNO2S2. The number of nitrogens with zero attached hydrogens (tertiary/aromatic N) is 1. The fraction of sp³-hybridized carbons (Fsp3) is 0.0714. The number of rotatable bonds is 3. The third kappa shape index (κ3) is 3.00. The third-order valence-corrected chi connectivity index (χ3v) is 4.98. The van der Waals surface area contributed by atoms with E-state index in [0.717, 1.165) is 18.0 Å². The first-order valence-electron chi connectivity index (χ1n) is 5.59. The van der Waals surface area contributed by atoms with Crippen molar-refractivity contribution in [2.75, 3.05) is 6.26 Å². The zero-order valence-electron chi connectivity index (χ0n) is 10.5. The SMILES string of the molecule is CS(=O)(=O)c1ccccc1Sc1cccc(F)c1C#N. The Labute approximate surface area is 121 Å². The summed E-state index contributed by atoms with van der Waals surface area (Å²) in [4.78, 5) is 1.03. The highest BCUT2D eigenvalue weighted by molar-refractivity contribution is 8.00. The molecule has 20 heavy (non-hydrogen) atoms. The molecule has 0 fully saturated rings. The van der Waals surface area contributed by atoms with E-state index in [4.69, 9.17) is 5.26 Å². The van der Waals surface area contributed by atoms with Gasteiger partial charge in [-0.3, -0.25) is 0 Å². The van der Waals surface area contributed by atoms with Gasteiger partial charge >= 0.3 is 0 Å². The van der Waals surface area contributed by atoms with Gasteiger partial charge in [0.1, 0.15) is 17.4 Å². The highest BCUT2D eigenvalue weighted by Crippen LogP contribution is 2.35. The molecule has 0 atom stereocenters. The summed E-state index contributed by atoms with van der Waals surface area (Å²) in [5.41, 5.74) is -0.0826. The van der Waals surface area contributed by atoms with E-state index in [1.807, 2.05) is 0 Å². The van der Waals surface area contributed by atoms with Gasteiger partial charge in [0, 0.05) is 16.0 Å². The van der Waals surface area contributed by atoms with Gasteiger partial charge < -0.3 is 0 Å². The number of sulfone groups is 1. The molecule has 0 saturated heterocycles. The van der Waals surface area contributed by atoms with E-state index < -0.39 is 15.7 Å². The molecule has 2 aromatic rings. The minimum atomic E-state index is -3.38. The number of nitriles is 1. The second kappa shape index (κ2) is 5.65. The lowest BCUT2D eigenvalue weighted by molar-refractivity contribution is 0.600. The first-order chi connectivity index (χ1) is 9.43. The zero-order valence-corrected chi connectivity index (χ0v) is 12.1. The third-order valence-electron chi connectivity index (χ3n) is 2.56. The van der Waals surface area contributed by atoms with Crippen LogP contribution in [-0.4, -0.2) is 14.7 Å². The van der Waals surface area contributed by atoms with Crippen molar-refractivity contribution >= 4 is 21.6 Å². The molecule has 0 amide bonds. The van der Waals surface area contributed by atoms with Gasteiger partial charge in [-0.1, -0.05) is 30.0 Å². The maximum Gasteiger partial charge on any atom is 0.176 e. The molecular weight excluding hydrogens is 297 g/mol. The Morgan fingerprint density at radius 3 is 2.40 bits per heavy atom. The Kier molecular flexibility index (Phi) is 4.12. The molecule has 0 saturated carbocycles. The molecule has 2 aromatic carbocycles. The van der Waals surface area contributed by atoms with Gasteiger partial charge in [0.2, 0.25) is 0 Å². The Hall–Kier alpha value is -1.84. The summed E-state index contributed by atoms with van der Waals surface area (Å²) in [5.74, 6) is -0.616. The van der Waals surface area contributed by atoms with Gasteiger partial charge in [0.15, 0.2) is 9.84 Å². The zero-order chi connectivity index (χ0) is 14.8.